The number of nitrogens with two attached hydrogens (primary N) is 1. The molecule has 2 N–H and O–H groups in total. The molecule has 1 heterocycles. The van der Waals surface area contributed by atoms with Crippen LogP contribution in [0.3, 0.4) is 0 Å². The van der Waals surface area contributed by atoms with Crippen LogP contribution in [0.2, 0.25) is 0 Å². The van der Waals surface area contributed by atoms with E-state index in [1.807, 2.05) is 13.0 Å². The van der Waals surface area contributed by atoms with E-state index in [1.165, 1.54) is 12.1 Å². The molecule has 0 saturated heterocycles. The highest BCUT2D eigenvalue weighted by Gasteiger charge is 2.16. The Morgan fingerprint density at radius 3 is 2.88 bits per heavy atom. The zero-order valence-corrected chi connectivity index (χ0v) is 9.62. The molecule has 0 amide bonds. The third-order valence-electron chi connectivity index (χ3n) is 2.44. The first-order chi connectivity index (χ1) is 7.95. The lowest BCUT2D eigenvalue weighted by atomic mass is 10.2. The van der Waals surface area contributed by atoms with Crippen LogP contribution in [0, 0.1) is 21.4 Å². The normalized spacial score (nSPS) is 11.6. The Morgan fingerprint density at radius 1 is 1.71 bits per heavy atom. The van der Waals surface area contributed by atoms with Gasteiger partial charge in [0.1, 0.15) is 11.6 Å². The summed E-state index contributed by atoms with van der Waals surface area (Å²) in [5.41, 5.74) is 5.39. The molecule has 17 heavy (non-hydrogen) atoms. The molecule has 0 aliphatic heterocycles. The standard InChI is InChI=1S/C10H13N5O2/c1-7(3-4-11)14(2)10-6-8(15(16)17)5-9(12)13-10/h5-7H,3H2,1-2H3,(H2,12,13). The van der Waals surface area contributed by atoms with E-state index >= 15 is 0 Å². The Hall–Kier alpha value is -2.36. The van der Waals surface area contributed by atoms with E-state index in [-0.39, 0.29) is 17.5 Å². The average Bonchev–Trinajstić information content (AvgIpc) is 2.27. The van der Waals surface area contributed by atoms with Gasteiger partial charge in [0.15, 0.2) is 0 Å². The molecule has 1 rings (SSSR count). The third kappa shape index (κ3) is 3.04. The SMILES string of the molecule is CC(CC#N)N(C)c1cc([N+](=O)[O-])cc(N)n1. The zero-order valence-electron chi connectivity index (χ0n) is 9.62. The van der Waals surface area contributed by atoms with Crippen LogP contribution >= 0.6 is 0 Å². The number of hydrogen-bond donors (Lipinski definition) is 1. The first kappa shape index (κ1) is 12.7. The van der Waals surface area contributed by atoms with Crippen molar-refractivity contribution in [2.45, 2.75) is 19.4 Å². The largest absolute Gasteiger partial charge is 0.383 e. The maximum atomic E-state index is 10.7. The number of nitriles is 1. The van der Waals surface area contributed by atoms with Gasteiger partial charge in [-0.05, 0) is 6.92 Å². The minimum atomic E-state index is -0.523. The van der Waals surface area contributed by atoms with Crippen molar-refractivity contribution in [3.63, 3.8) is 0 Å². The Balaban J connectivity index is 3.06. The molecule has 7 heteroatoms. The lowest BCUT2D eigenvalue weighted by Crippen LogP contribution is -2.29. The van der Waals surface area contributed by atoms with E-state index in [4.69, 9.17) is 11.0 Å². The van der Waals surface area contributed by atoms with E-state index in [0.29, 0.717) is 12.2 Å². The second kappa shape index (κ2) is 5.12. The highest BCUT2D eigenvalue weighted by Crippen LogP contribution is 2.22. The van der Waals surface area contributed by atoms with Crippen molar-refractivity contribution in [2.24, 2.45) is 0 Å². The van der Waals surface area contributed by atoms with Gasteiger partial charge in [-0.2, -0.15) is 5.26 Å². The molecule has 0 aromatic carbocycles. The summed E-state index contributed by atoms with van der Waals surface area (Å²) in [6.45, 7) is 1.83. The smallest absolute Gasteiger partial charge is 0.276 e. The summed E-state index contributed by atoms with van der Waals surface area (Å²) in [5.74, 6) is 0.477. The predicted molar refractivity (Wildman–Crippen MR) is 63.4 cm³/mol. The number of hydrogen-bond acceptors (Lipinski definition) is 6. The maximum absolute atomic E-state index is 10.7. The van der Waals surface area contributed by atoms with Gasteiger partial charge in [0.05, 0.1) is 29.5 Å². The van der Waals surface area contributed by atoms with Crippen molar-refractivity contribution in [1.29, 1.82) is 5.26 Å². The van der Waals surface area contributed by atoms with Gasteiger partial charge < -0.3 is 10.6 Å². The molecule has 0 radical (unpaired) electrons. The maximum Gasteiger partial charge on any atom is 0.276 e. The topological polar surface area (TPSA) is 109 Å². The molecular weight excluding hydrogens is 222 g/mol. The molecule has 1 aromatic heterocycles. The van der Waals surface area contributed by atoms with Crippen LogP contribution in [0.5, 0.6) is 0 Å². The molecular formula is C10H13N5O2. The van der Waals surface area contributed by atoms with Gasteiger partial charge in [-0.3, -0.25) is 10.1 Å². The van der Waals surface area contributed by atoms with Crippen LogP contribution in [-0.4, -0.2) is 23.0 Å². The van der Waals surface area contributed by atoms with E-state index in [2.05, 4.69) is 4.98 Å². The Labute approximate surface area is 98.6 Å². The third-order valence-corrected chi connectivity index (χ3v) is 2.44. The number of aromatic nitrogens is 1. The Morgan fingerprint density at radius 2 is 2.35 bits per heavy atom. The van der Waals surface area contributed by atoms with Gasteiger partial charge in [-0.1, -0.05) is 0 Å². The minimum absolute atomic E-state index is 0.0882. The molecule has 1 aromatic rings. The van der Waals surface area contributed by atoms with Gasteiger partial charge in [-0.25, -0.2) is 4.98 Å². The summed E-state index contributed by atoms with van der Waals surface area (Å²) in [7, 11) is 1.72. The van der Waals surface area contributed by atoms with Crippen LogP contribution < -0.4 is 10.6 Å². The second-order valence-corrected chi connectivity index (χ2v) is 3.69. The molecule has 0 fully saturated rings. The average molecular weight is 235 g/mol. The first-order valence-electron chi connectivity index (χ1n) is 4.97. The van der Waals surface area contributed by atoms with Gasteiger partial charge in [-0.15, -0.1) is 0 Å². The molecule has 0 saturated carbocycles. The Kier molecular flexibility index (Phi) is 3.82. The molecule has 1 atom stereocenters. The zero-order chi connectivity index (χ0) is 13.0. The van der Waals surface area contributed by atoms with Crippen molar-refractivity contribution in [3.05, 3.63) is 22.2 Å². The van der Waals surface area contributed by atoms with Crippen molar-refractivity contribution in [1.82, 2.24) is 4.98 Å². The molecule has 7 nitrogen and oxygen atoms in total. The molecule has 0 aliphatic rings. The lowest BCUT2D eigenvalue weighted by molar-refractivity contribution is -0.384. The van der Waals surface area contributed by atoms with Gasteiger partial charge >= 0.3 is 0 Å². The fourth-order valence-corrected chi connectivity index (χ4v) is 1.30. The summed E-state index contributed by atoms with van der Waals surface area (Å²) in [4.78, 5) is 15.8. The lowest BCUT2D eigenvalue weighted by Gasteiger charge is -2.23. The summed E-state index contributed by atoms with van der Waals surface area (Å²) in [6.07, 6.45) is 0.306. The highest BCUT2D eigenvalue weighted by molar-refractivity contribution is 5.54. The van der Waals surface area contributed by atoms with Crippen LogP contribution in [0.15, 0.2) is 12.1 Å². The first-order valence-corrected chi connectivity index (χ1v) is 4.97. The van der Waals surface area contributed by atoms with Gasteiger partial charge in [0.25, 0.3) is 5.69 Å². The number of rotatable bonds is 4. The monoisotopic (exact) mass is 235 g/mol. The van der Waals surface area contributed by atoms with Crippen molar-refractivity contribution >= 4 is 17.3 Å². The van der Waals surface area contributed by atoms with Crippen LogP contribution in [0.25, 0.3) is 0 Å². The fraction of sp³-hybridized carbons (Fsp3) is 0.400. The number of nitro groups is 1. The van der Waals surface area contributed by atoms with E-state index in [9.17, 15) is 10.1 Å². The number of anilines is 2. The number of pyridine rings is 1. The number of nitrogens with zero attached hydrogens (tertiary/aromatic N) is 4. The van der Waals surface area contributed by atoms with Crippen LogP contribution in [0.4, 0.5) is 17.3 Å². The van der Waals surface area contributed by atoms with Crippen molar-refractivity contribution in [3.8, 4) is 6.07 Å². The summed E-state index contributed by atoms with van der Waals surface area (Å²) < 4.78 is 0. The minimum Gasteiger partial charge on any atom is -0.383 e. The fourth-order valence-electron chi connectivity index (χ4n) is 1.30. The van der Waals surface area contributed by atoms with Gasteiger partial charge in [0.2, 0.25) is 0 Å². The van der Waals surface area contributed by atoms with Crippen molar-refractivity contribution in [2.75, 3.05) is 17.7 Å². The highest BCUT2D eigenvalue weighted by atomic mass is 16.6. The molecule has 1 unspecified atom stereocenters. The van der Waals surface area contributed by atoms with E-state index < -0.39 is 4.92 Å². The van der Waals surface area contributed by atoms with E-state index in [0.717, 1.165) is 0 Å². The Bertz CT molecular complexity index is 468. The summed E-state index contributed by atoms with van der Waals surface area (Å²) in [6, 6.07) is 4.48. The molecule has 0 spiro atoms. The molecule has 0 aliphatic carbocycles. The summed E-state index contributed by atoms with van der Waals surface area (Å²) >= 11 is 0. The predicted octanol–water partition coefficient (Wildman–Crippen LogP) is 1.31. The molecule has 90 valence electrons. The van der Waals surface area contributed by atoms with Crippen LogP contribution in [-0.2, 0) is 0 Å². The van der Waals surface area contributed by atoms with Crippen LogP contribution in [0.1, 0.15) is 13.3 Å². The van der Waals surface area contributed by atoms with E-state index in [1.54, 1.807) is 11.9 Å². The second-order valence-electron chi connectivity index (χ2n) is 3.69. The van der Waals surface area contributed by atoms with Gasteiger partial charge in [0, 0.05) is 13.1 Å². The molecule has 0 bridgehead atoms. The van der Waals surface area contributed by atoms with Crippen molar-refractivity contribution < 1.29 is 4.92 Å². The summed E-state index contributed by atoms with van der Waals surface area (Å²) in [5, 5.41) is 19.3. The number of nitrogen functional groups attached to an aromatic ring is 1. The quantitative estimate of drug-likeness (QED) is 0.622.